The van der Waals surface area contributed by atoms with Gasteiger partial charge in [0.05, 0.1) is 36.0 Å². The summed E-state index contributed by atoms with van der Waals surface area (Å²) in [7, 11) is 0. The van der Waals surface area contributed by atoms with E-state index in [2.05, 4.69) is 48.1 Å². The van der Waals surface area contributed by atoms with Crippen LogP contribution >= 0.6 is 0 Å². The topological polar surface area (TPSA) is 78.7 Å². The van der Waals surface area contributed by atoms with E-state index in [-0.39, 0.29) is 17.3 Å². The molecular weight excluding hydrogens is 491 g/mol. The summed E-state index contributed by atoms with van der Waals surface area (Å²) >= 11 is 0. The summed E-state index contributed by atoms with van der Waals surface area (Å²) in [6, 6.07) is 14.6. The molecule has 0 fully saturated rings. The lowest BCUT2D eigenvalue weighted by Gasteiger charge is -2.31. The molecule has 0 radical (unpaired) electrons. The molecule has 6 rings (SSSR count). The van der Waals surface area contributed by atoms with E-state index in [4.69, 9.17) is 9.97 Å². The summed E-state index contributed by atoms with van der Waals surface area (Å²) in [5, 5.41) is 9.32. The Morgan fingerprint density at radius 1 is 0.821 bits per heavy atom. The number of aromatic nitrogens is 8. The van der Waals surface area contributed by atoms with Gasteiger partial charge in [0.1, 0.15) is 5.82 Å². The first-order chi connectivity index (χ1) is 18.7. The van der Waals surface area contributed by atoms with Crippen LogP contribution < -0.4 is 0 Å². The second kappa shape index (κ2) is 9.27. The number of hydrogen-bond donors (Lipinski definition) is 0. The standard InChI is InChI=1S/C30H29FN8/c1-19-6-7-20(2)39(19)29-35-27-14-22(12-13-37(27)36-29)25-16-32-17-26(34-25)23-15-33-38(18-23)28(30(3,4)5)21-8-10-24(31)11-9-21/h6-18,28H,1-5H3. The Labute approximate surface area is 225 Å². The fraction of sp³-hybridized carbons (Fsp3) is 0.233. The van der Waals surface area contributed by atoms with Crippen molar-refractivity contribution >= 4 is 5.65 Å². The SMILES string of the molecule is Cc1ccc(C)n1-c1nc2cc(-c3cncc(-c4cnn(C(c5ccc(F)cc5)C(C)(C)C)c4)n3)ccn2n1. The lowest BCUT2D eigenvalue weighted by Crippen LogP contribution is -2.26. The first-order valence-corrected chi connectivity index (χ1v) is 12.8. The molecule has 0 N–H and O–H groups in total. The molecule has 1 unspecified atom stereocenters. The fourth-order valence-electron chi connectivity index (χ4n) is 5.06. The Morgan fingerprint density at radius 2 is 1.51 bits per heavy atom. The van der Waals surface area contributed by atoms with Crippen LogP contribution in [0.15, 0.2) is 79.5 Å². The van der Waals surface area contributed by atoms with Crippen molar-refractivity contribution in [1.82, 2.24) is 38.9 Å². The predicted octanol–water partition coefficient (Wildman–Crippen LogP) is 6.23. The van der Waals surface area contributed by atoms with Crippen molar-refractivity contribution in [3.05, 3.63) is 102 Å². The highest BCUT2D eigenvalue weighted by molar-refractivity contribution is 5.66. The zero-order valence-electron chi connectivity index (χ0n) is 22.5. The van der Waals surface area contributed by atoms with Gasteiger partial charge in [-0.25, -0.2) is 13.9 Å². The van der Waals surface area contributed by atoms with Crippen LogP contribution in [0.4, 0.5) is 4.39 Å². The van der Waals surface area contributed by atoms with Gasteiger partial charge in [-0.2, -0.15) is 10.1 Å². The van der Waals surface area contributed by atoms with Gasteiger partial charge in [-0.1, -0.05) is 32.9 Å². The van der Waals surface area contributed by atoms with Crippen LogP contribution in [0.25, 0.3) is 34.1 Å². The number of aryl methyl sites for hydroxylation is 2. The van der Waals surface area contributed by atoms with Crippen LogP contribution in [-0.4, -0.2) is 38.9 Å². The van der Waals surface area contributed by atoms with Crippen molar-refractivity contribution in [2.75, 3.05) is 0 Å². The molecule has 9 heteroatoms. The largest absolute Gasteiger partial charge is 0.286 e. The highest BCUT2D eigenvalue weighted by Crippen LogP contribution is 2.37. The van der Waals surface area contributed by atoms with Crippen molar-refractivity contribution in [1.29, 1.82) is 0 Å². The fourth-order valence-corrected chi connectivity index (χ4v) is 5.06. The molecule has 1 aromatic carbocycles. The molecule has 0 aliphatic heterocycles. The van der Waals surface area contributed by atoms with Gasteiger partial charge in [0.15, 0.2) is 5.65 Å². The smallest absolute Gasteiger partial charge is 0.254 e. The average molecular weight is 521 g/mol. The molecule has 39 heavy (non-hydrogen) atoms. The summed E-state index contributed by atoms with van der Waals surface area (Å²) in [5.74, 6) is 0.379. The van der Waals surface area contributed by atoms with Crippen LogP contribution in [0, 0.1) is 25.1 Å². The zero-order chi connectivity index (χ0) is 27.3. The molecule has 1 atom stereocenters. The van der Waals surface area contributed by atoms with Gasteiger partial charge in [0.2, 0.25) is 0 Å². The number of halogens is 1. The van der Waals surface area contributed by atoms with Crippen molar-refractivity contribution < 1.29 is 4.39 Å². The molecule has 196 valence electrons. The Hall–Kier alpha value is -4.66. The van der Waals surface area contributed by atoms with Gasteiger partial charge in [-0.05, 0) is 61.2 Å². The summed E-state index contributed by atoms with van der Waals surface area (Å²) in [5.41, 5.74) is 6.91. The first kappa shape index (κ1) is 24.7. The molecule has 0 spiro atoms. The van der Waals surface area contributed by atoms with Crippen LogP contribution in [-0.2, 0) is 0 Å². The third kappa shape index (κ3) is 4.60. The van der Waals surface area contributed by atoms with Gasteiger partial charge in [-0.15, -0.1) is 5.10 Å². The quantitative estimate of drug-likeness (QED) is 0.269. The summed E-state index contributed by atoms with van der Waals surface area (Å²) in [4.78, 5) is 14.1. The molecule has 8 nitrogen and oxygen atoms in total. The number of nitrogens with zero attached hydrogens (tertiary/aromatic N) is 8. The van der Waals surface area contributed by atoms with Gasteiger partial charge in [0, 0.05) is 34.9 Å². The molecule has 0 saturated heterocycles. The second-order valence-electron chi connectivity index (χ2n) is 10.9. The Morgan fingerprint density at radius 3 is 2.21 bits per heavy atom. The average Bonchev–Trinajstić information content (AvgIpc) is 3.63. The molecule has 0 aliphatic rings. The van der Waals surface area contributed by atoms with Crippen molar-refractivity contribution in [3.8, 4) is 28.5 Å². The van der Waals surface area contributed by atoms with E-state index in [0.29, 0.717) is 11.6 Å². The number of pyridine rings is 1. The van der Waals surface area contributed by atoms with E-state index in [1.807, 2.05) is 59.8 Å². The molecule has 0 aliphatic carbocycles. The van der Waals surface area contributed by atoms with Crippen molar-refractivity contribution in [2.45, 2.75) is 40.7 Å². The highest BCUT2D eigenvalue weighted by atomic mass is 19.1. The number of rotatable bonds is 5. The van der Waals surface area contributed by atoms with Crippen molar-refractivity contribution in [3.63, 3.8) is 0 Å². The normalized spacial score (nSPS) is 12.8. The molecule has 6 aromatic rings. The minimum absolute atomic E-state index is 0.0832. The lowest BCUT2D eigenvalue weighted by atomic mass is 9.82. The molecular formula is C30H29FN8. The first-order valence-electron chi connectivity index (χ1n) is 12.8. The molecule has 5 heterocycles. The van der Waals surface area contributed by atoms with Crippen LogP contribution in [0.3, 0.4) is 0 Å². The summed E-state index contributed by atoms with van der Waals surface area (Å²) in [6.07, 6.45) is 9.14. The number of hydrogen-bond acceptors (Lipinski definition) is 5. The van der Waals surface area contributed by atoms with Crippen LogP contribution in [0.2, 0.25) is 0 Å². The number of fused-ring (bicyclic) bond motifs is 1. The maximum atomic E-state index is 13.6. The molecule has 5 aromatic heterocycles. The van der Waals surface area contributed by atoms with Crippen LogP contribution in [0.5, 0.6) is 0 Å². The van der Waals surface area contributed by atoms with E-state index >= 15 is 0 Å². The minimum atomic E-state index is -0.254. The van der Waals surface area contributed by atoms with Crippen LogP contribution in [0.1, 0.15) is 43.8 Å². The van der Waals surface area contributed by atoms with E-state index in [0.717, 1.165) is 39.4 Å². The Bertz CT molecular complexity index is 1770. The summed E-state index contributed by atoms with van der Waals surface area (Å²) < 4.78 is 19.3. The van der Waals surface area contributed by atoms with E-state index in [1.54, 1.807) is 23.1 Å². The summed E-state index contributed by atoms with van der Waals surface area (Å²) in [6.45, 7) is 10.5. The maximum Gasteiger partial charge on any atom is 0.254 e. The molecule has 0 saturated carbocycles. The monoisotopic (exact) mass is 520 g/mol. The van der Waals surface area contributed by atoms with Gasteiger partial charge >= 0.3 is 0 Å². The Balaban J connectivity index is 1.33. The maximum absolute atomic E-state index is 13.6. The molecule has 0 bridgehead atoms. The number of benzene rings is 1. The zero-order valence-corrected chi connectivity index (χ0v) is 22.5. The third-order valence-electron chi connectivity index (χ3n) is 6.90. The van der Waals surface area contributed by atoms with E-state index in [1.165, 1.54) is 12.1 Å². The second-order valence-corrected chi connectivity index (χ2v) is 10.9. The predicted molar refractivity (Wildman–Crippen MR) is 148 cm³/mol. The van der Waals surface area contributed by atoms with E-state index < -0.39 is 0 Å². The van der Waals surface area contributed by atoms with Crippen molar-refractivity contribution in [2.24, 2.45) is 5.41 Å². The van der Waals surface area contributed by atoms with Gasteiger partial charge < -0.3 is 0 Å². The lowest BCUT2D eigenvalue weighted by molar-refractivity contribution is 0.265. The van der Waals surface area contributed by atoms with Gasteiger partial charge in [0.25, 0.3) is 5.95 Å². The van der Waals surface area contributed by atoms with Gasteiger partial charge in [-0.3, -0.25) is 14.2 Å². The minimum Gasteiger partial charge on any atom is -0.286 e. The van der Waals surface area contributed by atoms with E-state index in [9.17, 15) is 4.39 Å². The highest BCUT2D eigenvalue weighted by Gasteiger charge is 2.29. The third-order valence-corrected chi connectivity index (χ3v) is 6.90. The molecule has 0 amide bonds. The Kier molecular flexibility index (Phi) is 5.86.